The SMILES string of the molecule is Cc1cccc(CN(C(=O)[C@@H]2C[C@@H]2c2ccc(C(F)(F)F)cc2)c2ccc3c(c2)[C@@H](NS(=O)(=O)c2ccccc2F)CCC3)n1. The van der Waals surface area contributed by atoms with Crippen LogP contribution in [0, 0.1) is 18.7 Å². The summed E-state index contributed by atoms with van der Waals surface area (Å²) in [5, 5.41) is 0. The highest BCUT2D eigenvalue weighted by Gasteiger charge is 2.46. The van der Waals surface area contributed by atoms with Crippen LogP contribution in [0.5, 0.6) is 0 Å². The van der Waals surface area contributed by atoms with E-state index in [0.717, 1.165) is 42.3 Å². The maximum Gasteiger partial charge on any atom is 0.416 e. The maximum atomic E-state index is 14.4. The van der Waals surface area contributed by atoms with Crippen molar-refractivity contribution < 1.29 is 30.8 Å². The third-order valence-electron chi connectivity index (χ3n) is 8.48. The molecule has 0 saturated heterocycles. The predicted molar refractivity (Wildman–Crippen MR) is 161 cm³/mol. The van der Waals surface area contributed by atoms with Crippen LogP contribution in [0.4, 0.5) is 23.2 Å². The number of nitrogens with one attached hydrogen (secondary N) is 1. The molecular formula is C34H31F4N3O3S. The van der Waals surface area contributed by atoms with E-state index in [1.165, 1.54) is 30.3 Å². The van der Waals surface area contributed by atoms with Crippen molar-refractivity contribution in [3.63, 3.8) is 0 Å². The van der Waals surface area contributed by atoms with Crippen LogP contribution >= 0.6 is 0 Å². The van der Waals surface area contributed by atoms with E-state index >= 15 is 0 Å². The standard InChI is InChI=1S/C34H31F4N3O3S/c1-21-6-4-8-25(39-21)20-41(33(42)29-19-27(29)23-12-15-24(16-13-23)34(36,37)38)26-17-14-22-7-5-10-31(28(22)18-26)40-45(43,44)32-11-3-2-9-30(32)35/h2-4,6,8-9,11-18,27,29,31,40H,5,7,10,19-20H2,1H3/t27-,29-,31+/m1/s1. The highest BCUT2D eigenvalue weighted by molar-refractivity contribution is 7.89. The summed E-state index contributed by atoms with van der Waals surface area (Å²) in [5.41, 5.74) is 3.56. The molecule has 3 atom stereocenters. The molecule has 1 saturated carbocycles. The third kappa shape index (κ3) is 6.64. The number of aryl methyl sites for hydroxylation is 2. The maximum absolute atomic E-state index is 14.4. The van der Waals surface area contributed by atoms with E-state index in [1.54, 1.807) is 4.90 Å². The Labute approximate surface area is 259 Å². The number of carbonyl (C=O) groups excluding carboxylic acids is 1. The number of rotatable bonds is 8. The summed E-state index contributed by atoms with van der Waals surface area (Å²) in [5.74, 6) is -1.68. The molecule has 0 spiro atoms. The van der Waals surface area contributed by atoms with Crippen molar-refractivity contribution in [2.45, 2.75) is 62.2 Å². The van der Waals surface area contributed by atoms with Gasteiger partial charge in [0.05, 0.1) is 17.8 Å². The largest absolute Gasteiger partial charge is 0.416 e. The minimum atomic E-state index is -4.44. The number of benzene rings is 3. The first-order chi connectivity index (χ1) is 21.4. The average Bonchev–Trinajstić information content (AvgIpc) is 3.81. The van der Waals surface area contributed by atoms with Crippen LogP contribution in [-0.2, 0) is 34.0 Å². The second-order valence-corrected chi connectivity index (χ2v) is 13.3. The molecule has 1 fully saturated rings. The topological polar surface area (TPSA) is 79.4 Å². The van der Waals surface area contributed by atoms with E-state index in [9.17, 15) is 30.8 Å². The lowest BCUT2D eigenvalue weighted by atomic mass is 9.87. The Balaban J connectivity index is 1.31. The molecule has 3 aromatic carbocycles. The van der Waals surface area contributed by atoms with Crippen LogP contribution in [-0.4, -0.2) is 19.3 Å². The monoisotopic (exact) mass is 637 g/mol. The molecule has 6 nitrogen and oxygen atoms in total. The highest BCUT2D eigenvalue weighted by atomic mass is 32.2. The molecule has 6 rings (SSSR count). The van der Waals surface area contributed by atoms with Gasteiger partial charge >= 0.3 is 6.18 Å². The van der Waals surface area contributed by atoms with Crippen LogP contribution in [0.25, 0.3) is 0 Å². The van der Waals surface area contributed by atoms with Crippen molar-refractivity contribution in [1.82, 2.24) is 9.71 Å². The summed E-state index contributed by atoms with van der Waals surface area (Å²) in [4.78, 5) is 19.8. The molecule has 1 N–H and O–H groups in total. The molecule has 1 heterocycles. The second-order valence-electron chi connectivity index (χ2n) is 11.6. The van der Waals surface area contributed by atoms with Gasteiger partial charge in [-0.1, -0.05) is 36.4 Å². The molecule has 45 heavy (non-hydrogen) atoms. The summed E-state index contributed by atoms with van der Waals surface area (Å²) in [6, 6.07) is 20.5. The average molecular weight is 638 g/mol. The number of amides is 1. The molecule has 1 amide bonds. The Morgan fingerprint density at radius 1 is 1.00 bits per heavy atom. The lowest BCUT2D eigenvalue weighted by Crippen LogP contribution is -2.34. The fourth-order valence-corrected chi connectivity index (χ4v) is 7.42. The first kappa shape index (κ1) is 30.9. The van der Waals surface area contributed by atoms with Crippen molar-refractivity contribution >= 4 is 21.6 Å². The summed E-state index contributed by atoms with van der Waals surface area (Å²) < 4.78 is 82.7. The zero-order valence-corrected chi connectivity index (χ0v) is 25.2. The van der Waals surface area contributed by atoms with E-state index in [1.807, 2.05) is 43.3 Å². The Kier molecular flexibility index (Phi) is 8.26. The van der Waals surface area contributed by atoms with Crippen LogP contribution in [0.1, 0.15) is 64.9 Å². The van der Waals surface area contributed by atoms with Crippen molar-refractivity contribution in [2.24, 2.45) is 5.92 Å². The van der Waals surface area contributed by atoms with Gasteiger partial charge in [0, 0.05) is 23.3 Å². The first-order valence-corrected chi connectivity index (χ1v) is 16.2. The van der Waals surface area contributed by atoms with E-state index in [0.29, 0.717) is 35.3 Å². The lowest BCUT2D eigenvalue weighted by molar-refractivity contribution is -0.137. The van der Waals surface area contributed by atoms with E-state index < -0.39 is 44.4 Å². The minimum Gasteiger partial charge on any atom is -0.306 e. The normalized spacial score (nSPS) is 19.5. The molecule has 234 valence electrons. The molecule has 11 heteroatoms. The Bertz CT molecular complexity index is 1840. The number of sulfonamides is 1. The van der Waals surface area contributed by atoms with Crippen LogP contribution in [0.15, 0.2) is 89.8 Å². The third-order valence-corrected chi connectivity index (χ3v) is 9.99. The van der Waals surface area contributed by atoms with Gasteiger partial charge in [-0.25, -0.2) is 17.5 Å². The van der Waals surface area contributed by atoms with Crippen molar-refractivity contribution in [3.05, 3.63) is 124 Å². The second kappa shape index (κ2) is 12.0. The molecule has 1 aromatic heterocycles. The summed E-state index contributed by atoms with van der Waals surface area (Å²) in [7, 11) is -4.18. The minimum absolute atomic E-state index is 0.154. The lowest BCUT2D eigenvalue weighted by Gasteiger charge is -2.29. The van der Waals surface area contributed by atoms with Crippen molar-refractivity contribution in [1.29, 1.82) is 0 Å². The number of nitrogens with zero attached hydrogens (tertiary/aromatic N) is 2. The van der Waals surface area contributed by atoms with Crippen LogP contribution in [0.2, 0.25) is 0 Å². The zero-order valence-electron chi connectivity index (χ0n) is 24.4. The summed E-state index contributed by atoms with van der Waals surface area (Å²) in [6.07, 6.45) is -2.00. The van der Waals surface area contributed by atoms with Gasteiger partial charge in [0.25, 0.3) is 0 Å². The number of pyridine rings is 1. The van der Waals surface area contributed by atoms with Gasteiger partial charge in [0.15, 0.2) is 0 Å². The molecule has 0 unspecified atom stereocenters. The van der Waals surface area contributed by atoms with Gasteiger partial charge in [-0.3, -0.25) is 9.78 Å². The van der Waals surface area contributed by atoms with Crippen LogP contribution < -0.4 is 9.62 Å². The quantitative estimate of drug-likeness (QED) is 0.207. The van der Waals surface area contributed by atoms with Gasteiger partial charge < -0.3 is 4.90 Å². The fraction of sp³-hybridized carbons (Fsp3) is 0.294. The number of carbonyl (C=O) groups is 1. The number of hydrogen-bond donors (Lipinski definition) is 1. The number of alkyl halides is 3. The van der Waals surface area contributed by atoms with Gasteiger partial charge in [0.1, 0.15) is 10.7 Å². The predicted octanol–water partition coefficient (Wildman–Crippen LogP) is 7.24. The van der Waals surface area contributed by atoms with E-state index in [-0.39, 0.29) is 18.4 Å². The number of anilines is 1. The molecule has 2 aliphatic carbocycles. The molecule has 0 radical (unpaired) electrons. The van der Waals surface area contributed by atoms with Gasteiger partial charge in [-0.15, -0.1) is 0 Å². The molecule has 0 bridgehead atoms. The smallest absolute Gasteiger partial charge is 0.306 e. The van der Waals surface area contributed by atoms with Crippen molar-refractivity contribution in [3.8, 4) is 0 Å². The summed E-state index contributed by atoms with van der Waals surface area (Å²) in [6.45, 7) is 2.00. The van der Waals surface area contributed by atoms with Gasteiger partial charge in [-0.05, 0) is 104 Å². The molecule has 0 aliphatic heterocycles. The number of halogens is 4. The van der Waals surface area contributed by atoms with Gasteiger partial charge in [0.2, 0.25) is 15.9 Å². The first-order valence-electron chi connectivity index (χ1n) is 14.7. The van der Waals surface area contributed by atoms with Gasteiger partial charge in [-0.2, -0.15) is 13.2 Å². The van der Waals surface area contributed by atoms with E-state index in [2.05, 4.69) is 9.71 Å². The zero-order chi connectivity index (χ0) is 31.9. The number of hydrogen-bond acceptors (Lipinski definition) is 4. The number of fused-ring (bicyclic) bond motifs is 1. The van der Waals surface area contributed by atoms with E-state index in [4.69, 9.17) is 0 Å². The van der Waals surface area contributed by atoms with Crippen molar-refractivity contribution in [2.75, 3.05) is 4.90 Å². The van der Waals surface area contributed by atoms with Crippen LogP contribution in [0.3, 0.4) is 0 Å². The molecule has 4 aromatic rings. The summed E-state index contributed by atoms with van der Waals surface area (Å²) >= 11 is 0. The number of aromatic nitrogens is 1. The fourth-order valence-electron chi connectivity index (χ4n) is 6.09. The molecule has 2 aliphatic rings. The Hall–Kier alpha value is -4.09. The molecular weight excluding hydrogens is 606 g/mol. The highest BCUT2D eigenvalue weighted by Crippen LogP contribution is 2.49. The Morgan fingerprint density at radius 2 is 1.76 bits per heavy atom. The Morgan fingerprint density at radius 3 is 2.47 bits per heavy atom.